The first-order chi connectivity index (χ1) is 13.1. The predicted octanol–water partition coefficient (Wildman–Crippen LogP) is 0.408. The summed E-state index contributed by atoms with van der Waals surface area (Å²) in [6, 6.07) is 2.90. The highest BCUT2D eigenvalue weighted by atomic mass is 19.1. The molecule has 2 heterocycles. The van der Waals surface area contributed by atoms with E-state index >= 15 is 0 Å². The molecule has 0 bridgehead atoms. The van der Waals surface area contributed by atoms with Crippen molar-refractivity contribution in [3.05, 3.63) is 30.1 Å². The topological polar surface area (TPSA) is 110 Å². The summed E-state index contributed by atoms with van der Waals surface area (Å²) in [7, 11) is 0. The van der Waals surface area contributed by atoms with Gasteiger partial charge in [-0.15, -0.1) is 0 Å². The van der Waals surface area contributed by atoms with E-state index in [-0.39, 0.29) is 31.0 Å². The number of urea groups is 1. The molecule has 1 N–H and O–H groups in total. The van der Waals surface area contributed by atoms with Gasteiger partial charge in [-0.05, 0) is 42.5 Å². The summed E-state index contributed by atoms with van der Waals surface area (Å²) in [5.41, 5.74) is -0.620. The van der Waals surface area contributed by atoms with Crippen molar-refractivity contribution in [2.75, 3.05) is 11.4 Å². The highest BCUT2D eigenvalue weighted by molar-refractivity contribution is 6.19. The monoisotopic (exact) mass is 390 g/mol. The highest BCUT2D eigenvalue weighted by Crippen LogP contribution is 2.31. The Kier molecular flexibility index (Phi) is 5.10. The molecule has 0 radical (unpaired) electrons. The molecule has 9 heteroatoms. The number of anilines is 1. The average Bonchev–Trinajstić information content (AvgIpc) is 2.99. The first kappa shape index (κ1) is 19.8. The van der Waals surface area contributed by atoms with Gasteiger partial charge in [-0.1, -0.05) is 13.8 Å². The molecule has 0 unspecified atom stereocenters. The molecule has 2 aliphatic heterocycles. The summed E-state index contributed by atoms with van der Waals surface area (Å²) in [5, 5.41) is 13.6. The fourth-order valence-corrected chi connectivity index (χ4v) is 3.78. The molecule has 1 aromatic carbocycles. The summed E-state index contributed by atoms with van der Waals surface area (Å²) in [4.78, 5) is 51.4. The number of fused-ring (bicyclic) bond motifs is 1. The van der Waals surface area contributed by atoms with Crippen molar-refractivity contribution in [1.82, 2.24) is 10.2 Å². The molecule has 4 amide bonds. The van der Waals surface area contributed by atoms with Crippen molar-refractivity contribution in [2.45, 2.75) is 45.2 Å². The number of nitrogens with one attached hydrogen (secondary N) is 1. The number of rotatable bonds is 5. The van der Waals surface area contributed by atoms with Gasteiger partial charge in [0.15, 0.2) is 0 Å². The Morgan fingerprint density at radius 3 is 2.46 bits per heavy atom. The number of halogens is 1. The molecule has 150 valence electrons. The van der Waals surface area contributed by atoms with E-state index in [9.17, 15) is 28.7 Å². The molecule has 1 aromatic rings. The first-order valence-electron chi connectivity index (χ1n) is 8.98. The fourth-order valence-electron chi connectivity index (χ4n) is 3.78. The van der Waals surface area contributed by atoms with Crippen LogP contribution in [0.2, 0.25) is 0 Å². The van der Waals surface area contributed by atoms with Crippen LogP contribution in [0.15, 0.2) is 24.3 Å². The van der Waals surface area contributed by atoms with Gasteiger partial charge in [0, 0.05) is 18.9 Å². The summed E-state index contributed by atoms with van der Waals surface area (Å²) < 4.78 is 13.2. The number of hydrogen-bond donors (Lipinski definition) is 1. The SMILES string of the molecule is CC(C)(CC(=O)[O-])CC(=O)N1CC[C@H]2NC(=O)N(c3ccc(F)cc3)C(=O)[C@H]21. The van der Waals surface area contributed by atoms with E-state index in [1.54, 1.807) is 13.8 Å². The lowest BCUT2D eigenvalue weighted by molar-refractivity contribution is -0.307. The first-order valence-corrected chi connectivity index (χ1v) is 8.98. The lowest BCUT2D eigenvalue weighted by Gasteiger charge is -2.37. The predicted molar refractivity (Wildman–Crippen MR) is 94.3 cm³/mol. The van der Waals surface area contributed by atoms with Crippen molar-refractivity contribution in [1.29, 1.82) is 0 Å². The number of hydrogen-bond acceptors (Lipinski definition) is 5. The van der Waals surface area contributed by atoms with Crippen LogP contribution < -0.4 is 15.3 Å². The third kappa shape index (κ3) is 3.83. The van der Waals surface area contributed by atoms with Crippen LogP contribution in [-0.4, -0.2) is 47.3 Å². The minimum atomic E-state index is -1.25. The molecule has 2 fully saturated rings. The number of aliphatic carboxylic acids is 1. The van der Waals surface area contributed by atoms with Crippen LogP contribution in [0.5, 0.6) is 0 Å². The van der Waals surface area contributed by atoms with Crippen molar-refractivity contribution >= 4 is 29.5 Å². The molecule has 28 heavy (non-hydrogen) atoms. The van der Waals surface area contributed by atoms with Crippen LogP contribution in [-0.2, 0) is 14.4 Å². The smallest absolute Gasteiger partial charge is 0.329 e. The third-order valence-corrected chi connectivity index (χ3v) is 5.04. The zero-order valence-corrected chi connectivity index (χ0v) is 15.6. The molecule has 0 saturated carbocycles. The number of amides is 4. The van der Waals surface area contributed by atoms with E-state index in [1.807, 2.05) is 0 Å². The lowest BCUT2D eigenvalue weighted by atomic mass is 9.85. The molecule has 2 aliphatic rings. The van der Waals surface area contributed by atoms with Gasteiger partial charge in [0.25, 0.3) is 5.91 Å². The van der Waals surface area contributed by atoms with Crippen LogP contribution in [0.3, 0.4) is 0 Å². The number of carbonyl (C=O) groups is 4. The van der Waals surface area contributed by atoms with Crippen LogP contribution in [0.1, 0.15) is 33.1 Å². The third-order valence-electron chi connectivity index (χ3n) is 5.04. The number of nitrogens with zero attached hydrogens (tertiary/aromatic N) is 2. The number of likely N-dealkylation sites (tertiary alicyclic amines) is 1. The number of carboxylic acid groups (broad SMARTS) is 1. The summed E-state index contributed by atoms with van der Waals surface area (Å²) in [6.45, 7) is 3.56. The number of carbonyl (C=O) groups excluding carboxylic acids is 4. The molecule has 8 nitrogen and oxygen atoms in total. The molecular weight excluding hydrogens is 369 g/mol. The zero-order valence-electron chi connectivity index (χ0n) is 15.6. The Bertz CT molecular complexity index is 823. The second kappa shape index (κ2) is 7.21. The standard InChI is InChI=1S/C19H22FN3O5/c1-19(2,10-15(25)26)9-14(24)22-8-7-13-16(22)17(27)23(18(28)21-13)12-5-3-11(20)4-6-12/h3-6,13,16H,7-10H2,1-2H3,(H,21,28)(H,25,26)/p-1/t13-,16+/m1/s1. The Labute approximate surface area is 161 Å². The second-order valence-electron chi connectivity index (χ2n) is 7.92. The fraction of sp³-hybridized carbons (Fsp3) is 0.474. The molecule has 0 aromatic heterocycles. The maximum absolute atomic E-state index is 13.2. The Balaban J connectivity index is 1.81. The van der Waals surface area contributed by atoms with Gasteiger partial charge >= 0.3 is 6.03 Å². The number of benzene rings is 1. The Morgan fingerprint density at radius 2 is 1.86 bits per heavy atom. The van der Waals surface area contributed by atoms with Crippen molar-refractivity contribution in [3.8, 4) is 0 Å². The highest BCUT2D eigenvalue weighted by Gasteiger charge is 2.50. The van der Waals surface area contributed by atoms with Gasteiger partial charge in [0.1, 0.15) is 11.9 Å². The maximum atomic E-state index is 13.2. The Hall–Kier alpha value is -2.97. The van der Waals surface area contributed by atoms with Gasteiger partial charge in [-0.25, -0.2) is 14.1 Å². The van der Waals surface area contributed by atoms with E-state index < -0.39 is 41.2 Å². The largest absolute Gasteiger partial charge is 0.550 e. The van der Waals surface area contributed by atoms with Crippen molar-refractivity contribution in [3.63, 3.8) is 0 Å². The lowest BCUT2D eigenvalue weighted by Crippen LogP contribution is -2.65. The van der Waals surface area contributed by atoms with Crippen molar-refractivity contribution < 1.29 is 28.7 Å². The summed E-state index contributed by atoms with van der Waals surface area (Å²) >= 11 is 0. The molecular formula is C19H21FN3O5-. The van der Waals surface area contributed by atoms with Crippen LogP contribution >= 0.6 is 0 Å². The quantitative estimate of drug-likeness (QED) is 0.783. The van der Waals surface area contributed by atoms with E-state index in [1.165, 1.54) is 17.0 Å². The molecule has 0 aliphatic carbocycles. The van der Waals surface area contributed by atoms with Gasteiger partial charge in [-0.3, -0.25) is 9.59 Å². The minimum Gasteiger partial charge on any atom is -0.550 e. The van der Waals surface area contributed by atoms with Gasteiger partial charge in [0.05, 0.1) is 11.7 Å². The Morgan fingerprint density at radius 1 is 1.21 bits per heavy atom. The van der Waals surface area contributed by atoms with E-state index in [4.69, 9.17) is 0 Å². The normalized spacial score (nSPS) is 22.1. The van der Waals surface area contributed by atoms with Crippen LogP contribution in [0.4, 0.5) is 14.9 Å². The number of imide groups is 1. The summed E-state index contributed by atoms with van der Waals surface area (Å²) in [5.74, 6) is -2.67. The van der Waals surface area contributed by atoms with Gasteiger partial charge < -0.3 is 20.1 Å². The molecule has 2 saturated heterocycles. The van der Waals surface area contributed by atoms with Crippen molar-refractivity contribution in [2.24, 2.45) is 5.41 Å². The number of carboxylic acids is 1. The van der Waals surface area contributed by atoms with Gasteiger partial charge in [0.2, 0.25) is 5.91 Å². The average molecular weight is 390 g/mol. The molecule has 3 rings (SSSR count). The van der Waals surface area contributed by atoms with Crippen LogP contribution in [0.25, 0.3) is 0 Å². The van der Waals surface area contributed by atoms with E-state index in [0.717, 1.165) is 17.0 Å². The summed E-state index contributed by atoms with van der Waals surface area (Å²) in [6.07, 6.45) is 0.0705. The van der Waals surface area contributed by atoms with Crippen LogP contribution in [0, 0.1) is 11.2 Å². The van der Waals surface area contributed by atoms with E-state index in [0.29, 0.717) is 6.42 Å². The van der Waals surface area contributed by atoms with E-state index in [2.05, 4.69) is 5.32 Å². The molecule has 0 spiro atoms. The minimum absolute atomic E-state index is 0.0675. The second-order valence-corrected chi connectivity index (χ2v) is 7.92. The maximum Gasteiger partial charge on any atom is 0.329 e. The molecule has 2 atom stereocenters. The van der Waals surface area contributed by atoms with Gasteiger partial charge in [-0.2, -0.15) is 0 Å². The zero-order chi connectivity index (χ0) is 20.6.